The Morgan fingerprint density at radius 3 is 2.80 bits per heavy atom. The third-order valence-electron chi connectivity index (χ3n) is 2.28. The maximum Gasteiger partial charge on any atom is 0.135 e. The van der Waals surface area contributed by atoms with Gasteiger partial charge in [0.2, 0.25) is 0 Å². The van der Waals surface area contributed by atoms with E-state index in [1.54, 1.807) is 25.1 Å². The topological polar surface area (TPSA) is 62.5 Å². The summed E-state index contributed by atoms with van der Waals surface area (Å²) in [5.74, 6) is -0.302. The van der Waals surface area contributed by atoms with Crippen molar-refractivity contribution < 1.29 is 19.1 Å². The van der Waals surface area contributed by atoms with Crippen LogP contribution in [-0.4, -0.2) is 13.1 Å². The standard InChI is InChI=1S/C11H10O4/c1-6-10(11(12)13)8-5-7(14-2)3-4-9(8)15-6/h3-5H,1-2H3,(H,12,13)/p-1. The molecule has 0 spiro atoms. The molecule has 0 atom stereocenters. The van der Waals surface area contributed by atoms with E-state index in [0.717, 1.165) is 0 Å². The first kappa shape index (κ1) is 9.58. The van der Waals surface area contributed by atoms with Crippen LogP contribution in [0.25, 0.3) is 11.0 Å². The molecule has 78 valence electrons. The number of carbonyl (C=O) groups is 1. The summed E-state index contributed by atoms with van der Waals surface area (Å²) in [7, 11) is 1.52. The highest BCUT2D eigenvalue weighted by atomic mass is 16.5. The minimum absolute atomic E-state index is 0.0869. The van der Waals surface area contributed by atoms with Crippen molar-refractivity contribution in [1.29, 1.82) is 0 Å². The molecular weight excluding hydrogens is 196 g/mol. The maximum absolute atomic E-state index is 10.9. The molecule has 0 aliphatic carbocycles. The summed E-state index contributed by atoms with van der Waals surface area (Å²) < 4.78 is 10.3. The van der Waals surface area contributed by atoms with Crippen LogP contribution in [0.4, 0.5) is 0 Å². The molecule has 0 amide bonds. The van der Waals surface area contributed by atoms with Gasteiger partial charge >= 0.3 is 0 Å². The molecule has 0 bridgehead atoms. The third-order valence-corrected chi connectivity index (χ3v) is 2.28. The van der Waals surface area contributed by atoms with Crippen LogP contribution in [-0.2, 0) is 0 Å². The van der Waals surface area contributed by atoms with Gasteiger partial charge in [-0.1, -0.05) is 0 Å². The lowest BCUT2D eigenvalue weighted by atomic mass is 10.1. The molecule has 4 heteroatoms. The zero-order valence-corrected chi connectivity index (χ0v) is 8.37. The molecule has 1 aromatic heterocycles. The number of fused-ring (bicyclic) bond motifs is 1. The second kappa shape index (κ2) is 3.31. The molecule has 1 aromatic carbocycles. The number of carboxylic acid groups (broad SMARTS) is 1. The molecule has 4 nitrogen and oxygen atoms in total. The smallest absolute Gasteiger partial charge is 0.135 e. The van der Waals surface area contributed by atoms with E-state index < -0.39 is 5.97 Å². The fourth-order valence-electron chi connectivity index (χ4n) is 1.58. The number of aryl methyl sites for hydroxylation is 1. The van der Waals surface area contributed by atoms with Gasteiger partial charge in [-0.3, -0.25) is 0 Å². The van der Waals surface area contributed by atoms with Gasteiger partial charge in [0, 0.05) is 10.9 Å². The number of ether oxygens (including phenoxy) is 1. The number of hydrogen-bond donors (Lipinski definition) is 0. The molecule has 2 aromatic rings. The predicted molar refractivity (Wildman–Crippen MR) is 51.8 cm³/mol. The molecule has 0 N–H and O–H groups in total. The fraction of sp³-hybridized carbons (Fsp3) is 0.182. The van der Waals surface area contributed by atoms with Crippen LogP contribution in [0.2, 0.25) is 0 Å². The Hall–Kier alpha value is -1.97. The average molecular weight is 205 g/mol. The van der Waals surface area contributed by atoms with Gasteiger partial charge in [-0.25, -0.2) is 0 Å². The second-order valence-electron chi connectivity index (χ2n) is 3.18. The number of aromatic carboxylic acids is 1. The van der Waals surface area contributed by atoms with Gasteiger partial charge in [0.1, 0.15) is 17.1 Å². The molecule has 15 heavy (non-hydrogen) atoms. The summed E-state index contributed by atoms with van der Waals surface area (Å²) in [5.41, 5.74) is 0.608. The van der Waals surface area contributed by atoms with Crippen molar-refractivity contribution in [2.75, 3.05) is 7.11 Å². The normalized spacial score (nSPS) is 10.5. The quantitative estimate of drug-likeness (QED) is 0.736. The lowest BCUT2D eigenvalue weighted by Gasteiger charge is -2.01. The van der Waals surface area contributed by atoms with Crippen molar-refractivity contribution in [3.8, 4) is 5.75 Å². The number of methoxy groups -OCH3 is 1. The van der Waals surface area contributed by atoms with Crippen LogP contribution in [0.1, 0.15) is 16.1 Å². The summed E-state index contributed by atoms with van der Waals surface area (Å²) in [6.45, 7) is 1.59. The van der Waals surface area contributed by atoms with Crippen molar-refractivity contribution in [1.82, 2.24) is 0 Å². The molecule has 0 radical (unpaired) electrons. The van der Waals surface area contributed by atoms with Gasteiger partial charge < -0.3 is 19.1 Å². The lowest BCUT2D eigenvalue weighted by molar-refractivity contribution is -0.254. The van der Waals surface area contributed by atoms with Crippen molar-refractivity contribution in [2.24, 2.45) is 0 Å². The van der Waals surface area contributed by atoms with Gasteiger partial charge in [0.15, 0.2) is 0 Å². The highest BCUT2D eigenvalue weighted by Gasteiger charge is 2.12. The largest absolute Gasteiger partial charge is 0.545 e. The molecule has 0 unspecified atom stereocenters. The van der Waals surface area contributed by atoms with Gasteiger partial charge in [-0.15, -0.1) is 0 Å². The van der Waals surface area contributed by atoms with Crippen LogP contribution in [0.3, 0.4) is 0 Å². The molecule has 2 rings (SSSR count). The van der Waals surface area contributed by atoms with Gasteiger partial charge in [0.25, 0.3) is 0 Å². The van der Waals surface area contributed by atoms with Crippen LogP contribution in [0, 0.1) is 6.92 Å². The molecule has 0 saturated carbocycles. The van der Waals surface area contributed by atoms with E-state index in [1.165, 1.54) is 7.11 Å². The van der Waals surface area contributed by atoms with Crippen LogP contribution in [0.15, 0.2) is 22.6 Å². The summed E-state index contributed by atoms with van der Waals surface area (Å²) in [6.07, 6.45) is 0. The molecule has 0 saturated heterocycles. The molecular formula is C11H9O4-. The molecule has 0 aliphatic heterocycles. The Morgan fingerprint density at radius 1 is 1.47 bits per heavy atom. The highest BCUT2D eigenvalue weighted by molar-refractivity contribution is 6.03. The van der Waals surface area contributed by atoms with Gasteiger partial charge in [-0.2, -0.15) is 0 Å². The Labute approximate surface area is 86.1 Å². The minimum atomic E-state index is -1.24. The van der Waals surface area contributed by atoms with Crippen molar-refractivity contribution in [3.63, 3.8) is 0 Å². The van der Waals surface area contributed by atoms with Gasteiger partial charge in [0.05, 0.1) is 13.1 Å². The van der Waals surface area contributed by atoms with E-state index in [2.05, 4.69) is 0 Å². The molecule has 1 heterocycles. The van der Waals surface area contributed by atoms with Crippen molar-refractivity contribution >= 4 is 16.9 Å². The average Bonchev–Trinajstić information content (AvgIpc) is 2.52. The first-order chi connectivity index (χ1) is 7.13. The van der Waals surface area contributed by atoms with Gasteiger partial charge in [-0.05, 0) is 25.1 Å². The number of benzene rings is 1. The zero-order valence-electron chi connectivity index (χ0n) is 8.37. The number of rotatable bonds is 2. The Balaban J connectivity index is 2.77. The lowest BCUT2D eigenvalue weighted by Crippen LogP contribution is -2.22. The van der Waals surface area contributed by atoms with E-state index in [0.29, 0.717) is 22.5 Å². The number of carbonyl (C=O) groups excluding carboxylic acids is 1. The highest BCUT2D eigenvalue weighted by Crippen LogP contribution is 2.28. The minimum Gasteiger partial charge on any atom is -0.545 e. The monoisotopic (exact) mass is 205 g/mol. The van der Waals surface area contributed by atoms with Crippen LogP contribution < -0.4 is 9.84 Å². The summed E-state index contributed by atoms with van der Waals surface area (Å²) >= 11 is 0. The first-order valence-electron chi connectivity index (χ1n) is 4.42. The number of hydrogen-bond acceptors (Lipinski definition) is 4. The SMILES string of the molecule is COc1ccc2oc(C)c(C(=O)[O-])c2c1. The second-order valence-corrected chi connectivity index (χ2v) is 3.18. The summed E-state index contributed by atoms with van der Waals surface area (Å²) in [6, 6.07) is 5.01. The number of carboxylic acids is 1. The first-order valence-corrected chi connectivity index (χ1v) is 4.42. The fourth-order valence-corrected chi connectivity index (χ4v) is 1.58. The van der Waals surface area contributed by atoms with E-state index in [-0.39, 0.29) is 5.56 Å². The molecule has 0 aliphatic rings. The van der Waals surface area contributed by atoms with Crippen molar-refractivity contribution in [2.45, 2.75) is 6.92 Å². The number of furan rings is 1. The Kier molecular flexibility index (Phi) is 2.11. The Morgan fingerprint density at radius 2 is 2.20 bits per heavy atom. The van der Waals surface area contributed by atoms with E-state index in [4.69, 9.17) is 9.15 Å². The van der Waals surface area contributed by atoms with Crippen LogP contribution >= 0.6 is 0 Å². The third kappa shape index (κ3) is 1.44. The van der Waals surface area contributed by atoms with E-state index in [9.17, 15) is 9.90 Å². The van der Waals surface area contributed by atoms with Crippen LogP contribution in [0.5, 0.6) is 5.75 Å². The predicted octanol–water partition coefficient (Wildman–Crippen LogP) is 1.11. The van der Waals surface area contributed by atoms with Crippen molar-refractivity contribution in [3.05, 3.63) is 29.5 Å². The Bertz CT molecular complexity index is 525. The zero-order chi connectivity index (χ0) is 11.0. The van der Waals surface area contributed by atoms with E-state index >= 15 is 0 Å². The van der Waals surface area contributed by atoms with E-state index in [1.807, 2.05) is 0 Å². The summed E-state index contributed by atoms with van der Waals surface area (Å²) in [5, 5.41) is 11.4. The summed E-state index contributed by atoms with van der Waals surface area (Å²) in [4.78, 5) is 10.9. The maximum atomic E-state index is 10.9. The molecule has 0 fully saturated rings.